The summed E-state index contributed by atoms with van der Waals surface area (Å²) in [6.45, 7) is 3.99. The van der Waals surface area contributed by atoms with Crippen molar-refractivity contribution in [2.75, 3.05) is 26.2 Å². The molecular formula is C23H28N4O2. The van der Waals surface area contributed by atoms with Crippen LogP contribution in [0.15, 0.2) is 35.4 Å². The van der Waals surface area contributed by atoms with E-state index in [1.54, 1.807) is 0 Å². The summed E-state index contributed by atoms with van der Waals surface area (Å²) in [6.07, 6.45) is 6.67. The standard InChI is InChI=1S/C23H28N4O2/c28-22-20-9-11-27(14-21(20)24-15-25-22)23(29)18-8-10-26(13-18)12-17-6-3-5-16-4-1-2-7-19(16)17/h1-2,4,7,15,17-18H,3,5-6,8-14H2,(H,24,25,28). The summed E-state index contributed by atoms with van der Waals surface area (Å²) in [5, 5.41) is 0. The van der Waals surface area contributed by atoms with Crippen molar-refractivity contribution < 1.29 is 4.79 Å². The molecule has 1 amide bonds. The summed E-state index contributed by atoms with van der Waals surface area (Å²) >= 11 is 0. The first kappa shape index (κ1) is 18.6. The second-order valence-corrected chi connectivity index (χ2v) is 8.70. The quantitative estimate of drug-likeness (QED) is 0.869. The third-order valence-corrected chi connectivity index (χ3v) is 6.92. The molecule has 0 radical (unpaired) electrons. The highest BCUT2D eigenvalue weighted by atomic mass is 16.2. The zero-order chi connectivity index (χ0) is 19.8. The molecule has 1 aliphatic carbocycles. The first-order valence-electron chi connectivity index (χ1n) is 10.8. The van der Waals surface area contributed by atoms with Crippen LogP contribution in [-0.4, -0.2) is 51.9 Å². The van der Waals surface area contributed by atoms with Gasteiger partial charge in [0.2, 0.25) is 5.91 Å². The van der Waals surface area contributed by atoms with E-state index in [0.717, 1.165) is 37.3 Å². The fourth-order valence-corrected chi connectivity index (χ4v) is 5.37. The van der Waals surface area contributed by atoms with E-state index in [9.17, 15) is 9.59 Å². The number of carbonyl (C=O) groups excluding carboxylic acids is 1. The van der Waals surface area contributed by atoms with E-state index < -0.39 is 0 Å². The van der Waals surface area contributed by atoms with Crippen molar-refractivity contribution in [2.45, 2.75) is 44.6 Å². The highest BCUT2D eigenvalue weighted by molar-refractivity contribution is 5.79. The number of benzene rings is 1. The van der Waals surface area contributed by atoms with Crippen molar-refractivity contribution in [1.29, 1.82) is 0 Å². The Kier molecular flexibility index (Phi) is 4.96. The average molecular weight is 393 g/mol. The van der Waals surface area contributed by atoms with Crippen LogP contribution in [0.1, 0.15) is 47.6 Å². The van der Waals surface area contributed by atoms with Crippen LogP contribution in [0.2, 0.25) is 0 Å². The lowest BCUT2D eigenvalue weighted by molar-refractivity contribution is -0.136. The fourth-order valence-electron chi connectivity index (χ4n) is 5.37. The summed E-state index contributed by atoms with van der Waals surface area (Å²) in [6, 6.07) is 8.86. The van der Waals surface area contributed by atoms with Crippen LogP contribution in [0.5, 0.6) is 0 Å². The Morgan fingerprint density at radius 1 is 1.17 bits per heavy atom. The zero-order valence-corrected chi connectivity index (χ0v) is 16.8. The normalized spacial score (nSPS) is 24.2. The van der Waals surface area contributed by atoms with Gasteiger partial charge in [0.05, 0.1) is 24.5 Å². The van der Waals surface area contributed by atoms with Crippen molar-refractivity contribution in [3.63, 3.8) is 0 Å². The van der Waals surface area contributed by atoms with Gasteiger partial charge in [0.1, 0.15) is 0 Å². The number of aromatic nitrogens is 2. The highest BCUT2D eigenvalue weighted by Gasteiger charge is 2.34. The van der Waals surface area contributed by atoms with Gasteiger partial charge >= 0.3 is 0 Å². The Bertz CT molecular complexity index is 969. The Morgan fingerprint density at radius 3 is 3.00 bits per heavy atom. The smallest absolute Gasteiger partial charge is 0.254 e. The molecule has 0 saturated carbocycles. The molecule has 152 valence electrons. The van der Waals surface area contributed by atoms with Gasteiger partial charge in [-0.05, 0) is 55.7 Å². The minimum atomic E-state index is -0.0677. The predicted molar refractivity (Wildman–Crippen MR) is 111 cm³/mol. The van der Waals surface area contributed by atoms with Crippen LogP contribution in [0, 0.1) is 5.92 Å². The molecule has 1 fully saturated rings. The van der Waals surface area contributed by atoms with Gasteiger partial charge in [0, 0.05) is 25.2 Å². The number of carbonyl (C=O) groups is 1. The molecule has 1 N–H and O–H groups in total. The number of fused-ring (bicyclic) bond motifs is 2. The number of rotatable bonds is 3. The van der Waals surface area contributed by atoms with Crippen LogP contribution < -0.4 is 5.56 Å². The van der Waals surface area contributed by atoms with Crippen molar-refractivity contribution in [2.24, 2.45) is 5.92 Å². The number of nitrogens with one attached hydrogen (secondary N) is 1. The summed E-state index contributed by atoms with van der Waals surface area (Å²) < 4.78 is 0. The SMILES string of the molecule is O=C(C1CCN(CC2CCCc3ccccc32)C1)N1CCc2c(nc[nH]c2=O)C1. The number of aryl methyl sites for hydroxylation is 1. The second-order valence-electron chi connectivity index (χ2n) is 8.70. The van der Waals surface area contributed by atoms with E-state index >= 15 is 0 Å². The van der Waals surface area contributed by atoms with Gasteiger partial charge in [-0.2, -0.15) is 0 Å². The lowest BCUT2D eigenvalue weighted by atomic mass is 9.82. The number of likely N-dealkylation sites (tertiary alicyclic amines) is 1. The van der Waals surface area contributed by atoms with E-state index in [-0.39, 0.29) is 17.4 Å². The number of nitrogens with zero attached hydrogens (tertiary/aromatic N) is 3. The molecular weight excluding hydrogens is 364 g/mol. The van der Waals surface area contributed by atoms with Crippen LogP contribution in [0.4, 0.5) is 0 Å². The summed E-state index contributed by atoms with van der Waals surface area (Å²) in [5.74, 6) is 0.883. The van der Waals surface area contributed by atoms with Gasteiger partial charge in [-0.3, -0.25) is 9.59 Å². The molecule has 5 rings (SSSR count). The van der Waals surface area contributed by atoms with Crippen LogP contribution in [0.3, 0.4) is 0 Å². The van der Waals surface area contributed by atoms with E-state index in [0.29, 0.717) is 25.4 Å². The summed E-state index contributed by atoms with van der Waals surface area (Å²) in [7, 11) is 0. The number of hydrogen-bond acceptors (Lipinski definition) is 4. The number of aromatic amines is 1. The van der Waals surface area contributed by atoms with Crippen molar-refractivity contribution in [3.05, 3.63) is 63.3 Å². The minimum absolute atomic E-state index is 0.0670. The maximum Gasteiger partial charge on any atom is 0.254 e. The number of amides is 1. The van der Waals surface area contributed by atoms with Crippen molar-refractivity contribution in [3.8, 4) is 0 Å². The molecule has 3 heterocycles. The minimum Gasteiger partial charge on any atom is -0.336 e. The zero-order valence-electron chi connectivity index (χ0n) is 16.8. The molecule has 3 aliphatic rings. The Balaban J connectivity index is 1.22. The third kappa shape index (κ3) is 3.62. The van der Waals surface area contributed by atoms with Gasteiger partial charge in [-0.1, -0.05) is 24.3 Å². The molecule has 2 atom stereocenters. The molecule has 6 heteroatoms. The van der Waals surface area contributed by atoms with Crippen molar-refractivity contribution >= 4 is 5.91 Å². The van der Waals surface area contributed by atoms with Gasteiger partial charge in [0.25, 0.3) is 5.56 Å². The molecule has 0 spiro atoms. The maximum atomic E-state index is 13.1. The number of hydrogen-bond donors (Lipinski definition) is 1. The Labute approximate surface area is 170 Å². The van der Waals surface area contributed by atoms with Gasteiger partial charge in [0.15, 0.2) is 0 Å². The largest absolute Gasteiger partial charge is 0.336 e. The molecule has 0 bridgehead atoms. The van der Waals surface area contributed by atoms with Crippen LogP contribution in [-0.2, 0) is 24.2 Å². The van der Waals surface area contributed by atoms with E-state index in [2.05, 4.69) is 39.1 Å². The topological polar surface area (TPSA) is 69.3 Å². The fraction of sp³-hybridized carbons (Fsp3) is 0.522. The van der Waals surface area contributed by atoms with Gasteiger partial charge < -0.3 is 14.8 Å². The average Bonchev–Trinajstić information content (AvgIpc) is 3.22. The lowest BCUT2D eigenvalue weighted by Crippen LogP contribution is -2.42. The third-order valence-electron chi connectivity index (χ3n) is 6.92. The summed E-state index contributed by atoms with van der Waals surface area (Å²) in [5.41, 5.74) is 4.44. The first-order valence-corrected chi connectivity index (χ1v) is 10.8. The van der Waals surface area contributed by atoms with Crippen molar-refractivity contribution in [1.82, 2.24) is 19.8 Å². The Hall–Kier alpha value is -2.47. The molecule has 6 nitrogen and oxygen atoms in total. The predicted octanol–water partition coefficient (Wildman–Crippen LogP) is 2.10. The Morgan fingerprint density at radius 2 is 2.07 bits per heavy atom. The lowest BCUT2D eigenvalue weighted by Gasteiger charge is -2.31. The van der Waals surface area contributed by atoms with E-state index in [1.165, 1.54) is 36.7 Å². The maximum absolute atomic E-state index is 13.1. The van der Waals surface area contributed by atoms with Gasteiger partial charge in [-0.15, -0.1) is 0 Å². The molecule has 2 aliphatic heterocycles. The van der Waals surface area contributed by atoms with E-state index in [1.807, 2.05) is 4.90 Å². The molecule has 29 heavy (non-hydrogen) atoms. The molecule has 1 saturated heterocycles. The molecule has 2 unspecified atom stereocenters. The highest BCUT2D eigenvalue weighted by Crippen LogP contribution is 2.33. The summed E-state index contributed by atoms with van der Waals surface area (Å²) in [4.78, 5) is 36.3. The van der Waals surface area contributed by atoms with Crippen LogP contribution >= 0.6 is 0 Å². The first-order chi connectivity index (χ1) is 14.2. The molecule has 1 aromatic carbocycles. The monoisotopic (exact) mass is 392 g/mol. The molecule has 2 aromatic rings. The molecule has 1 aromatic heterocycles. The number of H-pyrrole nitrogens is 1. The second kappa shape index (κ2) is 7.75. The van der Waals surface area contributed by atoms with Crippen LogP contribution in [0.25, 0.3) is 0 Å². The van der Waals surface area contributed by atoms with Gasteiger partial charge in [-0.25, -0.2) is 4.98 Å². The van der Waals surface area contributed by atoms with E-state index in [4.69, 9.17) is 0 Å².